The summed E-state index contributed by atoms with van der Waals surface area (Å²) in [6, 6.07) is 5.28. The van der Waals surface area contributed by atoms with Gasteiger partial charge in [-0.2, -0.15) is 0 Å². The maximum absolute atomic E-state index is 12.0. The molecule has 7 nitrogen and oxygen atoms in total. The van der Waals surface area contributed by atoms with Crippen LogP contribution in [0.3, 0.4) is 0 Å². The van der Waals surface area contributed by atoms with Gasteiger partial charge in [0.15, 0.2) is 0 Å². The van der Waals surface area contributed by atoms with Crippen LogP contribution in [-0.4, -0.2) is 28.0 Å². The first kappa shape index (κ1) is 17.0. The average molecular weight is 341 g/mol. The molecule has 1 aromatic heterocycles. The Hall–Kier alpha value is -2.83. The van der Waals surface area contributed by atoms with Crippen LogP contribution in [0.2, 0.25) is 0 Å². The lowest BCUT2D eigenvalue weighted by molar-refractivity contribution is -0.117. The third-order valence-corrected chi connectivity index (χ3v) is 4.14. The third-order valence-electron chi connectivity index (χ3n) is 4.14. The Morgan fingerprint density at radius 1 is 1.28 bits per heavy atom. The van der Waals surface area contributed by atoms with Gasteiger partial charge in [-0.3, -0.25) is 4.79 Å². The fourth-order valence-electron chi connectivity index (χ4n) is 2.47. The predicted molar refractivity (Wildman–Crippen MR) is 96.4 cm³/mol. The Labute approximate surface area is 146 Å². The monoisotopic (exact) mass is 341 g/mol. The molecular formula is C18H23N5O2. The highest BCUT2D eigenvalue weighted by atomic mass is 16.2. The third kappa shape index (κ3) is 5.07. The first-order chi connectivity index (χ1) is 12.1. The summed E-state index contributed by atoms with van der Waals surface area (Å²) < 4.78 is 1.97. The van der Waals surface area contributed by atoms with Crippen LogP contribution in [0.25, 0.3) is 0 Å². The average Bonchev–Trinajstić information content (AvgIpc) is 3.32. The molecule has 1 fully saturated rings. The topological polar surface area (TPSA) is 88.0 Å². The number of rotatable bonds is 7. The zero-order valence-corrected chi connectivity index (χ0v) is 14.3. The van der Waals surface area contributed by atoms with Gasteiger partial charge >= 0.3 is 6.03 Å². The van der Waals surface area contributed by atoms with Gasteiger partial charge in [0.25, 0.3) is 0 Å². The normalized spacial score (nSPS) is 13.3. The van der Waals surface area contributed by atoms with Crippen molar-refractivity contribution >= 4 is 23.3 Å². The van der Waals surface area contributed by atoms with Crippen molar-refractivity contribution in [1.82, 2.24) is 14.9 Å². The van der Waals surface area contributed by atoms with Crippen molar-refractivity contribution in [2.75, 3.05) is 17.2 Å². The maximum Gasteiger partial charge on any atom is 0.319 e. The molecule has 25 heavy (non-hydrogen) atoms. The van der Waals surface area contributed by atoms with Gasteiger partial charge in [0.2, 0.25) is 5.91 Å². The van der Waals surface area contributed by atoms with E-state index in [9.17, 15) is 9.59 Å². The lowest BCUT2D eigenvalue weighted by Crippen LogP contribution is -2.30. The molecule has 0 atom stereocenters. The number of urea groups is 1. The molecule has 2 aromatic rings. The largest absolute Gasteiger partial charge is 0.338 e. The number of carbonyl (C=O) groups is 2. The molecule has 3 rings (SSSR count). The molecule has 1 heterocycles. The van der Waals surface area contributed by atoms with Gasteiger partial charge in [-0.05, 0) is 43.9 Å². The van der Waals surface area contributed by atoms with Crippen molar-refractivity contribution in [3.05, 3.63) is 42.5 Å². The molecule has 1 aliphatic rings. The van der Waals surface area contributed by atoms with E-state index in [2.05, 4.69) is 20.9 Å². The molecule has 3 amide bonds. The number of nitrogens with one attached hydrogen (secondary N) is 3. The zero-order valence-electron chi connectivity index (χ0n) is 14.3. The highest BCUT2D eigenvalue weighted by Gasteiger charge is 2.29. The molecule has 0 unspecified atom stereocenters. The van der Waals surface area contributed by atoms with Gasteiger partial charge in [-0.1, -0.05) is 6.07 Å². The number of hydrogen-bond acceptors (Lipinski definition) is 3. The Balaban J connectivity index is 1.47. The van der Waals surface area contributed by atoms with E-state index in [1.165, 1.54) is 0 Å². The standard InChI is InChI=1S/C18H23N5O2/c1-13-3-6-15(21-17(24)14-4-5-14)11-16(13)22-18(25)20-7-2-9-23-10-8-19-12-23/h3,6,8,10-12,14H,2,4-5,7,9H2,1H3,(H,21,24)(H2,20,22,25). The molecule has 1 aliphatic carbocycles. The Kier molecular flexibility index (Phi) is 5.33. The van der Waals surface area contributed by atoms with E-state index < -0.39 is 0 Å². The number of nitrogens with zero attached hydrogens (tertiary/aromatic N) is 2. The van der Waals surface area contributed by atoms with Crippen LogP contribution in [0, 0.1) is 12.8 Å². The van der Waals surface area contributed by atoms with Crippen molar-refractivity contribution in [2.45, 2.75) is 32.7 Å². The van der Waals surface area contributed by atoms with Crippen LogP contribution in [0.4, 0.5) is 16.2 Å². The van der Waals surface area contributed by atoms with Crippen LogP contribution >= 0.6 is 0 Å². The summed E-state index contributed by atoms with van der Waals surface area (Å²) in [7, 11) is 0. The van der Waals surface area contributed by atoms with Gasteiger partial charge in [-0.25, -0.2) is 9.78 Å². The van der Waals surface area contributed by atoms with Gasteiger partial charge in [-0.15, -0.1) is 0 Å². The highest BCUT2D eigenvalue weighted by molar-refractivity contribution is 5.96. The molecule has 0 aliphatic heterocycles. The minimum atomic E-state index is -0.251. The van der Waals surface area contributed by atoms with Crippen molar-refractivity contribution in [3.63, 3.8) is 0 Å². The molecule has 1 aromatic carbocycles. The predicted octanol–water partition coefficient (Wildman–Crippen LogP) is 2.75. The Morgan fingerprint density at radius 3 is 2.84 bits per heavy atom. The number of amides is 3. The van der Waals surface area contributed by atoms with Gasteiger partial charge in [0.05, 0.1) is 6.33 Å². The number of anilines is 2. The van der Waals surface area contributed by atoms with Crippen molar-refractivity contribution < 1.29 is 9.59 Å². The molecule has 0 saturated heterocycles. The van der Waals surface area contributed by atoms with Gasteiger partial charge < -0.3 is 20.5 Å². The van der Waals surface area contributed by atoms with Crippen molar-refractivity contribution in [1.29, 1.82) is 0 Å². The highest BCUT2D eigenvalue weighted by Crippen LogP contribution is 2.30. The van der Waals surface area contributed by atoms with Crippen LogP contribution < -0.4 is 16.0 Å². The van der Waals surface area contributed by atoms with E-state index in [1.807, 2.05) is 29.8 Å². The summed E-state index contributed by atoms with van der Waals surface area (Å²) in [4.78, 5) is 27.9. The Morgan fingerprint density at radius 2 is 2.12 bits per heavy atom. The van der Waals surface area contributed by atoms with Gasteiger partial charge in [0, 0.05) is 42.8 Å². The van der Waals surface area contributed by atoms with Crippen LogP contribution in [0.5, 0.6) is 0 Å². The summed E-state index contributed by atoms with van der Waals surface area (Å²) >= 11 is 0. The maximum atomic E-state index is 12.0. The molecule has 3 N–H and O–H groups in total. The summed E-state index contributed by atoms with van der Waals surface area (Å²) in [6.45, 7) is 3.30. The van der Waals surface area contributed by atoms with Crippen molar-refractivity contribution in [3.8, 4) is 0 Å². The summed E-state index contributed by atoms with van der Waals surface area (Å²) in [6.07, 6.45) is 8.13. The summed E-state index contributed by atoms with van der Waals surface area (Å²) in [5, 5.41) is 8.57. The lowest BCUT2D eigenvalue weighted by Gasteiger charge is -2.12. The van der Waals surface area contributed by atoms with E-state index in [1.54, 1.807) is 18.6 Å². The number of hydrogen-bond donors (Lipinski definition) is 3. The number of imidazole rings is 1. The smallest absolute Gasteiger partial charge is 0.319 e. The fraction of sp³-hybridized carbons (Fsp3) is 0.389. The molecule has 0 bridgehead atoms. The van der Waals surface area contributed by atoms with Gasteiger partial charge in [0.1, 0.15) is 0 Å². The summed E-state index contributed by atoms with van der Waals surface area (Å²) in [5.74, 6) is 0.204. The number of aromatic nitrogens is 2. The molecule has 0 radical (unpaired) electrons. The van der Waals surface area contributed by atoms with E-state index in [0.29, 0.717) is 17.9 Å². The van der Waals surface area contributed by atoms with E-state index in [4.69, 9.17) is 0 Å². The second-order valence-corrected chi connectivity index (χ2v) is 6.33. The number of carbonyl (C=O) groups excluding carboxylic acids is 2. The first-order valence-corrected chi connectivity index (χ1v) is 8.54. The molecule has 0 spiro atoms. The first-order valence-electron chi connectivity index (χ1n) is 8.54. The quantitative estimate of drug-likeness (QED) is 0.677. The molecule has 7 heteroatoms. The fourth-order valence-corrected chi connectivity index (χ4v) is 2.47. The lowest BCUT2D eigenvalue weighted by atomic mass is 10.1. The molecule has 132 valence electrons. The van der Waals surface area contributed by atoms with Crippen LogP contribution in [-0.2, 0) is 11.3 Å². The van der Waals surface area contributed by atoms with E-state index >= 15 is 0 Å². The van der Waals surface area contributed by atoms with Crippen molar-refractivity contribution in [2.24, 2.45) is 5.92 Å². The molecular weight excluding hydrogens is 318 g/mol. The minimum absolute atomic E-state index is 0.0544. The SMILES string of the molecule is Cc1ccc(NC(=O)C2CC2)cc1NC(=O)NCCCn1ccnc1. The van der Waals surface area contributed by atoms with Crippen LogP contribution in [0.15, 0.2) is 36.9 Å². The Bertz CT molecular complexity index is 738. The molecule has 1 saturated carbocycles. The second-order valence-electron chi connectivity index (χ2n) is 6.33. The van der Waals surface area contributed by atoms with Crippen LogP contribution in [0.1, 0.15) is 24.8 Å². The second kappa shape index (κ2) is 7.83. The van der Waals surface area contributed by atoms with E-state index in [-0.39, 0.29) is 17.9 Å². The van der Waals surface area contributed by atoms with E-state index in [0.717, 1.165) is 31.4 Å². The zero-order chi connectivity index (χ0) is 17.6. The summed E-state index contributed by atoms with van der Waals surface area (Å²) in [5.41, 5.74) is 2.34. The number of aryl methyl sites for hydroxylation is 2. The number of benzene rings is 1. The minimum Gasteiger partial charge on any atom is -0.338 e.